The summed E-state index contributed by atoms with van der Waals surface area (Å²) < 4.78 is 34.5. The summed E-state index contributed by atoms with van der Waals surface area (Å²) in [4.78, 5) is 26.0. The van der Waals surface area contributed by atoms with E-state index in [0.717, 1.165) is 0 Å². The van der Waals surface area contributed by atoms with E-state index >= 15 is 0 Å². The Balaban J connectivity index is 3.13. The first kappa shape index (κ1) is 22.0. The minimum absolute atomic E-state index is 0.0893. The van der Waals surface area contributed by atoms with Crippen LogP contribution in [0, 0.1) is 5.41 Å². The van der Waals surface area contributed by atoms with Gasteiger partial charge in [-0.1, -0.05) is 51.1 Å². The molecule has 0 aliphatic carbocycles. The number of ketones is 1. The van der Waals surface area contributed by atoms with Crippen molar-refractivity contribution in [2.45, 2.75) is 52.7 Å². The minimum Gasteiger partial charge on any atom is -0.437 e. The first-order valence-corrected chi connectivity index (χ1v) is 8.57. The minimum atomic E-state index is -4.11. The number of benzene rings is 1. The van der Waals surface area contributed by atoms with E-state index in [9.17, 15) is 23.5 Å². The number of nitrogens with zero attached hydrogens (tertiary/aromatic N) is 1. The molecular weight excluding hydrogens is 344 g/mol. The molecule has 1 aromatic rings. The molecule has 26 heavy (non-hydrogen) atoms. The zero-order valence-electron chi connectivity index (χ0n) is 15.8. The van der Waals surface area contributed by atoms with Gasteiger partial charge in [0.2, 0.25) is 5.78 Å². The van der Waals surface area contributed by atoms with Gasteiger partial charge in [-0.2, -0.15) is 8.78 Å². The Labute approximate surface area is 152 Å². The van der Waals surface area contributed by atoms with Gasteiger partial charge >= 0.3 is 12.0 Å². The molecule has 2 atom stereocenters. The fourth-order valence-corrected chi connectivity index (χ4v) is 2.43. The van der Waals surface area contributed by atoms with Crippen molar-refractivity contribution in [3.8, 4) is 0 Å². The van der Waals surface area contributed by atoms with Gasteiger partial charge in [0.15, 0.2) is 12.2 Å². The molecule has 5 nitrogen and oxygen atoms in total. The molecule has 0 unspecified atom stereocenters. The standard InChI is InChI=1S/C19H27F2NO4/c1-6-22(7-2)17(25)26-16(18(3,4)5)15(24)19(20,21)14(23)13-11-9-8-10-12-13/h8-12,14,16,23H,6-7H2,1-5H3/t14-,16-/m0/s1. The maximum Gasteiger partial charge on any atom is 0.410 e. The number of rotatable bonds is 7. The molecule has 0 bridgehead atoms. The molecule has 0 aromatic heterocycles. The molecule has 0 aliphatic heterocycles. The fraction of sp³-hybridized carbons (Fsp3) is 0.579. The Hall–Kier alpha value is -2.02. The number of ether oxygens (including phenoxy) is 1. The third-order valence-electron chi connectivity index (χ3n) is 4.05. The van der Waals surface area contributed by atoms with Crippen LogP contribution in [-0.4, -0.2) is 47.0 Å². The largest absolute Gasteiger partial charge is 0.437 e. The highest BCUT2D eigenvalue weighted by atomic mass is 19.3. The van der Waals surface area contributed by atoms with E-state index in [4.69, 9.17) is 4.74 Å². The average molecular weight is 371 g/mol. The van der Waals surface area contributed by atoms with Crippen molar-refractivity contribution in [3.05, 3.63) is 35.9 Å². The van der Waals surface area contributed by atoms with Gasteiger partial charge in [0.25, 0.3) is 0 Å². The van der Waals surface area contributed by atoms with Crippen molar-refractivity contribution in [3.63, 3.8) is 0 Å². The number of aliphatic hydroxyl groups is 1. The number of aliphatic hydroxyl groups excluding tert-OH is 1. The van der Waals surface area contributed by atoms with Crippen LogP contribution in [0.25, 0.3) is 0 Å². The SMILES string of the molecule is CCN(CC)C(=O)O[C@@H](C(=O)C(F)(F)[C@@H](O)c1ccccc1)C(C)(C)C. The van der Waals surface area contributed by atoms with Crippen molar-refractivity contribution in [1.29, 1.82) is 0 Å². The van der Waals surface area contributed by atoms with E-state index in [-0.39, 0.29) is 5.56 Å². The number of carbonyl (C=O) groups is 2. The lowest BCUT2D eigenvalue weighted by Gasteiger charge is -2.34. The fourth-order valence-electron chi connectivity index (χ4n) is 2.43. The Bertz CT molecular complexity index is 610. The van der Waals surface area contributed by atoms with Gasteiger partial charge < -0.3 is 14.7 Å². The predicted molar refractivity (Wildman–Crippen MR) is 94.0 cm³/mol. The zero-order chi connectivity index (χ0) is 20.1. The summed E-state index contributed by atoms with van der Waals surface area (Å²) in [7, 11) is 0. The van der Waals surface area contributed by atoms with Gasteiger partial charge in [0, 0.05) is 18.5 Å². The van der Waals surface area contributed by atoms with Crippen molar-refractivity contribution >= 4 is 11.9 Å². The zero-order valence-corrected chi connectivity index (χ0v) is 15.8. The number of Topliss-reactive ketones (excluding diaryl/α,β-unsaturated/α-hetero) is 1. The van der Waals surface area contributed by atoms with Gasteiger partial charge in [0.1, 0.15) is 0 Å². The quantitative estimate of drug-likeness (QED) is 0.791. The molecule has 1 N–H and O–H groups in total. The molecule has 1 amide bonds. The predicted octanol–water partition coefficient (Wildman–Crippen LogP) is 3.82. The Morgan fingerprint density at radius 2 is 1.62 bits per heavy atom. The third-order valence-corrected chi connectivity index (χ3v) is 4.05. The average Bonchev–Trinajstić information content (AvgIpc) is 2.59. The monoisotopic (exact) mass is 371 g/mol. The van der Waals surface area contributed by atoms with Crippen molar-refractivity contribution in [1.82, 2.24) is 4.90 Å². The van der Waals surface area contributed by atoms with Gasteiger partial charge in [0.05, 0.1) is 0 Å². The second-order valence-electron chi connectivity index (χ2n) is 7.10. The molecule has 0 spiro atoms. The van der Waals surface area contributed by atoms with E-state index in [1.165, 1.54) is 49.9 Å². The van der Waals surface area contributed by atoms with Crippen LogP contribution in [0.4, 0.5) is 13.6 Å². The molecule has 0 heterocycles. The lowest BCUT2D eigenvalue weighted by atomic mass is 9.83. The lowest BCUT2D eigenvalue weighted by Crippen LogP contribution is -2.51. The van der Waals surface area contributed by atoms with Crippen LogP contribution in [0.1, 0.15) is 46.3 Å². The van der Waals surface area contributed by atoms with Gasteiger partial charge in [-0.3, -0.25) is 4.79 Å². The first-order chi connectivity index (χ1) is 12.0. The second kappa shape index (κ2) is 8.58. The number of amides is 1. The highest BCUT2D eigenvalue weighted by Crippen LogP contribution is 2.37. The highest BCUT2D eigenvalue weighted by molar-refractivity contribution is 5.92. The summed E-state index contributed by atoms with van der Waals surface area (Å²) in [5.41, 5.74) is -1.16. The van der Waals surface area contributed by atoms with E-state index in [0.29, 0.717) is 13.1 Å². The number of hydrogen-bond acceptors (Lipinski definition) is 4. The molecule has 0 radical (unpaired) electrons. The van der Waals surface area contributed by atoms with Crippen LogP contribution < -0.4 is 0 Å². The summed E-state index contributed by atoms with van der Waals surface area (Å²) in [5, 5.41) is 10.0. The number of alkyl halides is 2. The summed E-state index contributed by atoms with van der Waals surface area (Å²) in [6, 6.07) is 7.20. The molecule has 0 aliphatic rings. The number of carbonyl (C=O) groups excluding carboxylic acids is 2. The van der Waals surface area contributed by atoms with Crippen molar-refractivity contribution in [2.75, 3.05) is 13.1 Å². The van der Waals surface area contributed by atoms with Crippen LogP contribution in [0.3, 0.4) is 0 Å². The first-order valence-electron chi connectivity index (χ1n) is 8.57. The van der Waals surface area contributed by atoms with E-state index < -0.39 is 35.4 Å². The topological polar surface area (TPSA) is 66.8 Å². The molecule has 1 rings (SSSR count). The normalized spacial score (nSPS) is 14.5. The lowest BCUT2D eigenvalue weighted by molar-refractivity contribution is -0.176. The summed E-state index contributed by atoms with van der Waals surface area (Å²) in [6.45, 7) is 8.65. The van der Waals surface area contributed by atoms with Crippen molar-refractivity contribution < 1.29 is 28.2 Å². The van der Waals surface area contributed by atoms with E-state index in [2.05, 4.69) is 0 Å². The summed E-state index contributed by atoms with van der Waals surface area (Å²) in [6.07, 6.45) is -4.87. The van der Waals surface area contributed by atoms with Crippen LogP contribution in [0.2, 0.25) is 0 Å². The second-order valence-corrected chi connectivity index (χ2v) is 7.10. The molecule has 0 fully saturated rings. The van der Waals surface area contributed by atoms with Crippen LogP contribution in [0.5, 0.6) is 0 Å². The molecule has 0 saturated carbocycles. The molecular formula is C19H27F2NO4. The summed E-state index contributed by atoms with van der Waals surface area (Å²) >= 11 is 0. The van der Waals surface area contributed by atoms with Gasteiger partial charge in [-0.05, 0) is 19.4 Å². The molecule has 1 aromatic carbocycles. The van der Waals surface area contributed by atoms with E-state index in [1.54, 1.807) is 19.9 Å². The highest BCUT2D eigenvalue weighted by Gasteiger charge is 2.54. The third kappa shape index (κ3) is 5.00. The van der Waals surface area contributed by atoms with Crippen LogP contribution in [0.15, 0.2) is 30.3 Å². The smallest absolute Gasteiger partial charge is 0.410 e. The van der Waals surface area contributed by atoms with Crippen LogP contribution >= 0.6 is 0 Å². The maximum absolute atomic E-state index is 14.7. The Morgan fingerprint density at radius 3 is 2.04 bits per heavy atom. The molecule has 146 valence electrons. The van der Waals surface area contributed by atoms with E-state index in [1.807, 2.05) is 0 Å². The Morgan fingerprint density at radius 1 is 1.12 bits per heavy atom. The summed E-state index contributed by atoms with van der Waals surface area (Å²) in [5.74, 6) is -5.73. The number of hydrogen-bond donors (Lipinski definition) is 1. The molecule has 0 saturated heterocycles. The molecule has 7 heteroatoms. The van der Waals surface area contributed by atoms with Gasteiger partial charge in [-0.25, -0.2) is 4.79 Å². The Kier molecular flexibility index (Phi) is 7.26. The maximum atomic E-state index is 14.7. The van der Waals surface area contributed by atoms with Gasteiger partial charge in [-0.15, -0.1) is 0 Å². The van der Waals surface area contributed by atoms with Crippen molar-refractivity contribution in [2.24, 2.45) is 5.41 Å². The number of halogens is 2. The van der Waals surface area contributed by atoms with Crippen LogP contribution in [-0.2, 0) is 9.53 Å².